The van der Waals surface area contributed by atoms with Crippen LogP contribution in [0.25, 0.3) is 0 Å². The minimum absolute atomic E-state index is 0.687. The summed E-state index contributed by atoms with van der Waals surface area (Å²) in [5.74, 6) is 2.44. The fourth-order valence-electron chi connectivity index (χ4n) is 2.75. The van der Waals surface area contributed by atoms with Crippen LogP contribution in [-0.4, -0.2) is 63.9 Å². The number of nitrogens with zero attached hydrogens (tertiary/aromatic N) is 2. The predicted octanol–water partition coefficient (Wildman–Crippen LogP) is 2.11. The van der Waals surface area contributed by atoms with Gasteiger partial charge in [-0.25, -0.2) is 0 Å². The molecule has 1 saturated heterocycles. The summed E-state index contributed by atoms with van der Waals surface area (Å²) in [6, 6.07) is 8.24. The highest BCUT2D eigenvalue weighted by Gasteiger charge is 2.09. The third-order valence-electron chi connectivity index (χ3n) is 4.38. The lowest BCUT2D eigenvalue weighted by atomic mass is 10.1. The molecule has 26 heavy (non-hydrogen) atoms. The fourth-order valence-corrected chi connectivity index (χ4v) is 2.75. The van der Waals surface area contributed by atoms with E-state index in [9.17, 15) is 0 Å². The molecule has 6 heteroatoms. The van der Waals surface area contributed by atoms with Crippen LogP contribution in [0.2, 0.25) is 0 Å². The second-order valence-corrected chi connectivity index (χ2v) is 6.98. The van der Waals surface area contributed by atoms with E-state index in [1.54, 1.807) is 7.05 Å². The van der Waals surface area contributed by atoms with Gasteiger partial charge in [0, 0.05) is 39.8 Å². The zero-order valence-corrected chi connectivity index (χ0v) is 16.5. The highest BCUT2D eigenvalue weighted by atomic mass is 16.5. The largest absolute Gasteiger partial charge is 0.492 e. The van der Waals surface area contributed by atoms with Gasteiger partial charge in [0.05, 0.1) is 13.2 Å². The van der Waals surface area contributed by atoms with Crippen LogP contribution in [0.3, 0.4) is 0 Å². The van der Waals surface area contributed by atoms with Gasteiger partial charge in [0.2, 0.25) is 0 Å². The van der Waals surface area contributed by atoms with Crippen LogP contribution in [0, 0.1) is 5.92 Å². The molecule has 0 unspecified atom stereocenters. The SMILES string of the molecule is CN=C(NCCC(C)C)NCc1cccc(OCCN2CCOCC2)c1. The van der Waals surface area contributed by atoms with Crippen LogP contribution in [-0.2, 0) is 11.3 Å². The number of hydrogen-bond acceptors (Lipinski definition) is 4. The van der Waals surface area contributed by atoms with Crippen molar-refractivity contribution in [2.24, 2.45) is 10.9 Å². The van der Waals surface area contributed by atoms with Gasteiger partial charge in [-0.05, 0) is 30.0 Å². The molecule has 1 aliphatic heterocycles. The normalized spacial score (nSPS) is 15.9. The summed E-state index contributed by atoms with van der Waals surface area (Å²) in [6.45, 7) is 11.4. The van der Waals surface area contributed by atoms with Crippen molar-refractivity contribution >= 4 is 5.96 Å². The highest BCUT2D eigenvalue weighted by molar-refractivity contribution is 5.79. The minimum atomic E-state index is 0.687. The molecule has 1 heterocycles. The third kappa shape index (κ3) is 8.06. The van der Waals surface area contributed by atoms with Gasteiger partial charge in [-0.2, -0.15) is 0 Å². The van der Waals surface area contributed by atoms with Crippen LogP contribution in [0.5, 0.6) is 5.75 Å². The van der Waals surface area contributed by atoms with Crippen molar-refractivity contribution in [2.45, 2.75) is 26.8 Å². The fraction of sp³-hybridized carbons (Fsp3) is 0.650. The predicted molar refractivity (Wildman–Crippen MR) is 107 cm³/mol. The average molecular weight is 363 g/mol. The molecule has 0 aromatic heterocycles. The Kier molecular flexibility index (Phi) is 9.28. The first-order valence-electron chi connectivity index (χ1n) is 9.63. The van der Waals surface area contributed by atoms with E-state index in [1.807, 2.05) is 12.1 Å². The van der Waals surface area contributed by atoms with E-state index < -0.39 is 0 Å². The average Bonchev–Trinajstić information content (AvgIpc) is 2.65. The topological polar surface area (TPSA) is 58.1 Å². The van der Waals surface area contributed by atoms with Gasteiger partial charge in [0.15, 0.2) is 5.96 Å². The van der Waals surface area contributed by atoms with Gasteiger partial charge < -0.3 is 20.1 Å². The van der Waals surface area contributed by atoms with Crippen molar-refractivity contribution in [2.75, 3.05) is 53.0 Å². The van der Waals surface area contributed by atoms with E-state index in [2.05, 4.69) is 46.5 Å². The Balaban J connectivity index is 1.71. The van der Waals surface area contributed by atoms with Gasteiger partial charge in [0.25, 0.3) is 0 Å². The molecule has 146 valence electrons. The summed E-state index contributed by atoms with van der Waals surface area (Å²) < 4.78 is 11.3. The molecular weight excluding hydrogens is 328 g/mol. The number of aliphatic imine (C=N–C) groups is 1. The van der Waals surface area contributed by atoms with Crippen molar-refractivity contribution in [3.8, 4) is 5.75 Å². The van der Waals surface area contributed by atoms with Crippen LogP contribution >= 0.6 is 0 Å². The Hall–Kier alpha value is -1.79. The number of benzene rings is 1. The first kappa shape index (κ1) is 20.5. The summed E-state index contributed by atoms with van der Waals surface area (Å²) in [5, 5.41) is 6.70. The van der Waals surface area contributed by atoms with Crippen LogP contribution in [0.15, 0.2) is 29.3 Å². The summed E-state index contributed by atoms with van der Waals surface area (Å²) in [6.07, 6.45) is 1.13. The smallest absolute Gasteiger partial charge is 0.191 e. The second-order valence-electron chi connectivity index (χ2n) is 6.98. The third-order valence-corrected chi connectivity index (χ3v) is 4.38. The Bertz CT molecular complexity index is 542. The summed E-state index contributed by atoms with van der Waals surface area (Å²) in [7, 11) is 1.80. The molecule has 0 atom stereocenters. The van der Waals surface area contributed by atoms with Crippen molar-refractivity contribution in [3.63, 3.8) is 0 Å². The van der Waals surface area contributed by atoms with Crippen LogP contribution in [0.4, 0.5) is 0 Å². The van der Waals surface area contributed by atoms with E-state index in [0.717, 1.165) is 64.1 Å². The highest BCUT2D eigenvalue weighted by Crippen LogP contribution is 2.13. The lowest BCUT2D eigenvalue weighted by Crippen LogP contribution is -2.38. The molecule has 0 spiro atoms. The van der Waals surface area contributed by atoms with Crippen molar-refractivity contribution in [1.29, 1.82) is 0 Å². The number of nitrogens with one attached hydrogen (secondary N) is 2. The van der Waals surface area contributed by atoms with Gasteiger partial charge in [-0.15, -0.1) is 0 Å². The number of morpholine rings is 1. The van der Waals surface area contributed by atoms with Gasteiger partial charge >= 0.3 is 0 Å². The first-order valence-corrected chi connectivity index (χ1v) is 9.63. The van der Waals surface area contributed by atoms with E-state index in [4.69, 9.17) is 9.47 Å². The Morgan fingerprint density at radius 2 is 2.08 bits per heavy atom. The van der Waals surface area contributed by atoms with E-state index in [-0.39, 0.29) is 0 Å². The Morgan fingerprint density at radius 3 is 2.81 bits per heavy atom. The summed E-state index contributed by atoms with van der Waals surface area (Å²) in [4.78, 5) is 6.65. The molecule has 1 fully saturated rings. The molecule has 0 radical (unpaired) electrons. The number of hydrogen-bond donors (Lipinski definition) is 2. The molecule has 1 aromatic carbocycles. The van der Waals surface area contributed by atoms with Crippen molar-refractivity contribution in [3.05, 3.63) is 29.8 Å². The maximum Gasteiger partial charge on any atom is 0.191 e. The molecular formula is C20H34N4O2. The van der Waals surface area contributed by atoms with Gasteiger partial charge in [0.1, 0.15) is 12.4 Å². The van der Waals surface area contributed by atoms with Gasteiger partial charge in [-0.1, -0.05) is 26.0 Å². The minimum Gasteiger partial charge on any atom is -0.492 e. The van der Waals surface area contributed by atoms with Crippen molar-refractivity contribution in [1.82, 2.24) is 15.5 Å². The number of guanidine groups is 1. The Labute approximate surface area is 158 Å². The summed E-state index contributed by atoms with van der Waals surface area (Å²) >= 11 is 0. The monoisotopic (exact) mass is 362 g/mol. The van der Waals surface area contributed by atoms with Gasteiger partial charge in [-0.3, -0.25) is 9.89 Å². The Morgan fingerprint density at radius 1 is 1.27 bits per heavy atom. The van der Waals surface area contributed by atoms with E-state index >= 15 is 0 Å². The zero-order chi connectivity index (χ0) is 18.6. The second kappa shape index (κ2) is 11.8. The standard InChI is InChI=1S/C20H34N4O2/c1-17(2)7-8-22-20(21-3)23-16-18-5-4-6-19(15-18)26-14-11-24-9-12-25-13-10-24/h4-6,15,17H,7-14,16H2,1-3H3,(H2,21,22,23). The molecule has 0 amide bonds. The molecule has 1 aliphatic rings. The molecule has 1 aromatic rings. The molecule has 2 N–H and O–H groups in total. The maximum absolute atomic E-state index is 5.92. The zero-order valence-electron chi connectivity index (χ0n) is 16.5. The number of rotatable bonds is 9. The molecule has 2 rings (SSSR count). The van der Waals surface area contributed by atoms with E-state index in [0.29, 0.717) is 12.5 Å². The molecule has 6 nitrogen and oxygen atoms in total. The van der Waals surface area contributed by atoms with E-state index in [1.165, 1.54) is 5.56 Å². The lowest BCUT2D eigenvalue weighted by molar-refractivity contribution is 0.0322. The quantitative estimate of drug-likeness (QED) is 0.520. The maximum atomic E-state index is 5.92. The van der Waals surface area contributed by atoms with Crippen LogP contribution in [0.1, 0.15) is 25.8 Å². The molecule has 0 bridgehead atoms. The molecule has 0 saturated carbocycles. The van der Waals surface area contributed by atoms with Crippen molar-refractivity contribution < 1.29 is 9.47 Å². The van der Waals surface area contributed by atoms with Crippen LogP contribution < -0.4 is 15.4 Å². The lowest BCUT2D eigenvalue weighted by Gasteiger charge is -2.26. The summed E-state index contributed by atoms with van der Waals surface area (Å²) in [5.41, 5.74) is 1.18. The first-order chi connectivity index (χ1) is 12.7. The number of ether oxygens (including phenoxy) is 2. The molecule has 0 aliphatic carbocycles.